The minimum absolute atomic E-state index is 0.0928. The standard InChI is InChI=1S/C28H34FN5O2/c1-5-22(18-12-19(26(3,4)29)14-20(30)13-18)33-25-21-16-34(24(35)15-23(21)31-17(2)32-25)27-6-9-28(36,10-7-27)11-8-27/h5,12-16,22,36H,1,6-11,30H2,2-4H3,(H,31,32,33). The summed E-state index contributed by atoms with van der Waals surface area (Å²) in [5.74, 6) is 1.10. The van der Waals surface area contributed by atoms with E-state index in [2.05, 4.69) is 21.9 Å². The Hall–Kier alpha value is -3.26. The van der Waals surface area contributed by atoms with Crippen LogP contribution in [0.15, 0.2) is 47.9 Å². The number of anilines is 2. The Bertz CT molecular complexity index is 1380. The predicted octanol–water partition coefficient (Wildman–Crippen LogP) is 5.02. The number of nitrogens with zero attached hydrogens (tertiary/aromatic N) is 3. The Morgan fingerprint density at radius 3 is 2.44 bits per heavy atom. The third-order valence-corrected chi connectivity index (χ3v) is 8.07. The van der Waals surface area contributed by atoms with Crippen molar-refractivity contribution in [1.82, 2.24) is 14.5 Å². The first-order chi connectivity index (χ1) is 16.9. The quantitative estimate of drug-likeness (QED) is 0.330. The lowest BCUT2D eigenvalue weighted by Gasteiger charge is -2.51. The molecule has 36 heavy (non-hydrogen) atoms. The summed E-state index contributed by atoms with van der Waals surface area (Å²) in [5.41, 5.74) is 5.86. The highest BCUT2D eigenvalue weighted by molar-refractivity contribution is 5.88. The second-order valence-corrected chi connectivity index (χ2v) is 11.1. The van der Waals surface area contributed by atoms with Gasteiger partial charge in [-0.3, -0.25) is 4.79 Å². The molecule has 8 heteroatoms. The second kappa shape index (κ2) is 8.40. The molecule has 0 aliphatic heterocycles. The number of pyridine rings is 1. The van der Waals surface area contributed by atoms with E-state index in [1.54, 1.807) is 37.3 Å². The number of nitrogens with two attached hydrogens (primary N) is 1. The molecular formula is C28H34FN5O2. The van der Waals surface area contributed by atoms with Gasteiger partial charge in [-0.05, 0) is 82.6 Å². The van der Waals surface area contributed by atoms with Crippen LogP contribution in [0, 0.1) is 6.92 Å². The minimum atomic E-state index is -1.55. The van der Waals surface area contributed by atoms with Gasteiger partial charge >= 0.3 is 0 Å². The van der Waals surface area contributed by atoms with E-state index in [4.69, 9.17) is 5.73 Å². The van der Waals surface area contributed by atoms with E-state index < -0.39 is 17.3 Å². The zero-order valence-electron chi connectivity index (χ0n) is 21.1. The lowest BCUT2D eigenvalue weighted by molar-refractivity contribution is -0.0865. The van der Waals surface area contributed by atoms with Gasteiger partial charge in [0.05, 0.1) is 22.5 Å². The van der Waals surface area contributed by atoms with E-state index in [1.807, 2.05) is 10.8 Å². The first-order valence-corrected chi connectivity index (χ1v) is 12.5. The van der Waals surface area contributed by atoms with Gasteiger partial charge in [-0.25, -0.2) is 14.4 Å². The molecule has 2 bridgehead atoms. The maximum absolute atomic E-state index is 14.7. The van der Waals surface area contributed by atoms with Crippen LogP contribution in [0.4, 0.5) is 15.9 Å². The predicted molar refractivity (Wildman–Crippen MR) is 141 cm³/mol. The number of rotatable bonds is 6. The van der Waals surface area contributed by atoms with Crippen molar-refractivity contribution in [3.8, 4) is 0 Å². The van der Waals surface area contributed by atoms with Crippen molar-refractivity contribution in [2.45, 2.75) is 82.1 Å². The first-order valence-electron chi connectivity index (χ1n) is 12.5. The van der Waals surface area contributed by atoms with Crippen LogP contribution < -0.4 is 16.6 Å². The number of alkyl halides is 1. The Labute approximate surface area is 210 Å². The zero-order valence-corrected chi connectivity index (χ0v) is 21.1. The number of aliphatic hydroxyl groups is 1. The number of nitrogen functional groups attached to an aromatic ring is 1. The Kier molecular flexibility index (Phi) is 5.70. The number of nitrogens with one attached hydrogen (secondary N) is 1. The summed E-state index contributed by atoms with van der Waals surface area (Å²) in [7, 11) is 0. The molecule has 1 atom stereocenters. The third kappa shape index (κ3) is 4.28. The third-order valence-electron chi connectivity index (χ3n) is 8.07. The molecule has 1 unspecified atom stereocenters. The molecule has 0 saturated heterocycles. The van der Waals surface area contributed by atoms with Crippen LogP contribution in [0.5, 0.6) is 0 Å². The Morgan fingerprint density at radius 1 is 1.17 bits per heavy atom. The molecule has 3 fully saturated rings. The molecular weight excluding hydrogens is 457 g/mol. The van der Waals surface area contributed by atoms with Gasteiger partial charge in [-0.15, -0.1) is 6.58 Å². The van der Waals surface area contributed by atoms with E-state index in [0.717, 1.165) is 30.2 Å². The minimum Gasteiger partial charge on any atom is -0.399 e. The van der Waals surface area contributed by atoms with E-state index in [-0.39, 0.29) is 11.1 Å². The molecule has 0 radical (unpaired) electrons. The lowest BCUT2D eigenvalue weighted by atomic mass is 9.63. The molecule has 1 aromatic carbocycles. The summed E-state index contributed by atoms with van der Waals surface area (Å²) in [6.45, 7) is 8.76. The number of aryl methyl sites for hydroxylation is 1. The molecule has 3 saturated carbocycles. The van der Waals surface area contributed by atoms with Gasteiger partial charge in [0.2, 0.25) is 0 Å². The van der Waals surface area contributed by atoms with Crippen molar-refractivity contribution in [2.24, 2.45) is 0 Å². The van der Waals surface area contributed by atoms with E-state index in [1.165, 1.54) is 13.8 Å². The fourth-order valence-electron chi connectivity index (χ4n) is 5.83. The molecule has 0 spiro atoms. The van der Waals surface area contributed by atoms with Gasteiger partial charge in [0.15, 0.2) is 0 Å². The van der Waals surface area contributed by atoms with Crippen molar-refractivity contribution in [3.05, 3.63) is 70.4 Å². The van der Waals surface area contributed by atoms with Gasteiger partial charge in [0.1, 0.15) is 17.3 Å². The maximum Gasteiger partial charge on any atom is 0.253 e. The van der Waals surface area contributed by atoms with Crippen LogP contribution in [0.2, 0.25) is 0 Å². The molecule has 6 rings (SSSR count). The molecule has 3 aliphatic rings. The molecule has 2 aromatic heterocycles. The topological polar surface area (TPSA) is 106 Å². The number of fused-ring (bicyclic) bond motifs is 4. The van der Waals surface area contributed by atoms with Crippen molar-refractivity contribution < 1.29 is 9.50 Å². The van der Waals surface area contributed by atoms with E-state index in [9.17, 15) is 14.3 Å². The summed E-state index contributed by atoms with van der Waals surface area (Å²) < 4.78 is 16.6. The molecule has 3 aromatic rings. The fraction of sp³-hybridized carbons (Fsp3) is 0.464. The van der Waals surface area contributed by atoms with Crippen molar-refractivity contribution >= 4 is 22.4 Å². The summed E-state index contributed by atoms with van der Waals surface area (Å²) in [5, 5.41) is 14.8. The Morgan fingerprint density at radius 2 is 1.83 bits per heavy atom. The van der Waals surface area contributed by atoms with Crippen LogP contribution in [-0.4, -0.2) is 25.2 Å². The largest absolute Gasteiger partial charge is 0.399 e. The van der Waals surface area contributed by atoms with Crippen LogP contribution in [-0.2, 0) is 11.2 Å². The molecule has 4 N–H and O–H groups in total. The number of aromatic nitrogens is 3. The molecule has 7 nitrogen and oxygen atoms in total. The molecule has 3 aliphatic carbocycles. The number of hydrogen-bond donors (Lipinski definition) is 3. The summed E-state index contributed by atoms with van der Waals surface area (Å²) in [6, 6.07) is 6.40. The van der Waals surface area contributed by atoms with Gasteiger partial charge in [-0.2, -0.15) is 0 Å². The van der Waals surface area contributed by atoms with Crippen LogP contribution in [0.1, 0.15) is 75.4 Å². The van der Waals surface area contributed by atoms with Gasteiger partial charge in [-0.1, -0.05) is 12.1 Å². The van der Waals surface area contributed by atoms with Crippen LogP contribution in [0.3, 0.4) is 0 Å². The molecule has 190 valence electrons. The fourth-order valence-corrected chi connectivity index (χ4v) is 5.83. The molecule has 0 amide bonds. The average Bonchev–Trinajstić information content (AvgIpc) is 2.81. The molecule has 2 heterocycles. The highest BCUT2D eigenvalue weighted by atomic mass is 19.1. The number of benzene rings is 1. The summed E-state index contributed by atoms with van der Waals surface area (Å²) in [6.07, 6.45) is 8.01. The summed E-state index contributed by atoms with van der Waals surface area (Å²) in [4.78, 5) is 22.4. The first kappa shape index (κ1) is 24.4. The van der Waals surface area contributed by atoms with Gasteiger partial charge in [0, 0.05) is 23.5 Å². The van der Waals surface area contributed by atoms with Crippen molar-refractivity contribution in [3.63, 3.8) is 0 Å². The van der Waals surface area contributed by atoms with Crippen LogP contribution >= 0.6 is 0 Å². The normalized spacial score (nSPS) is 24.6. The van der Waals surface area contributed by atoms with Gasteiger partial charge in [0.25, 0.3) is 5.56 Å². The van der Waals surface area contributed by atoms with Crippen LogP contribution in [0.25, 0.3) is 10.9 Å². The zero-order chi connectivity index (χ0) is 25.9. The highest BCUT2D eigenvalue weighted by Crippen LogP contribution is 2.50. The summed E-state index contributed by atoms with van der Waals surface area (Å²) >= 11 is 0. The lowest BCUT2D eigenvalue weighted by Crippen LogP contribution is -2.53. The smallest absolute Gasteiger partial charge is 0.253 e. The van der Waals surface area contributed by atoms with Crippen molar-refractivity contribution in [2.75, 3.05) is 11.1 Å². The monoisotopic (exact) mass is 491 g/mol. The number of hydrogen-bond acceptors (Lipinski definition) is 6. The average molecular weight is 492 g/mol. The Balaban J connectivity index is 1.58. The van der Waals surface area contributed by atoms with E-state index in [0.29, 0.717) is 47.7 Å². The number of halogens is 1. The van der Waals surface area contributed by atoms with Gasteiger partial charge < -0.3 is 20.7 Å². The SMILES string of the molecule is C=CC(Nc1nc(C)nc2cc(=O)n(C34CCC(O)(CC3)CC4)cc12)c1cc(N)cc(C(C)(C)F)c1. The second-order valence-electron chi connectivity index (χ2n) is 11.1. The maximum atomic E-state index is 14.7. The van der Waals surface area contributed by atoms with E-state index >= 15 is 0 Å². The van der Waals surface area contributed by atoms with Crippen molar-refractivity contribution in [1.29, 1.82) is 0 Å². The highest BCUT2D eigenvalue weighted by Gasteiger charge is 2.49.